The van der Waals surface area contributed by atoms with Gasteiger partial charge in [0.2, 0.25) is 5.91 Å². The number of carbonyl (C=O) groups is 2. The fourth-order valence-corrected chi connectivity index (χ4v) is 3.56. The summed E-state index contributed by atoms with van der Waals surface area (Å²) in [7, 11) is 0. The molecule has 0 bridgehead atoms. The number of carbonyl (C=O) groups excluding carboxylic acids is 2. The van der Waals surface area contributed by atoms with Gasteiger partial charge in [0.1, 0.15) is 0 Å². The zero-order valence-corrected chi connectivity index (χ0v) is 16.2. The molecular weight excluding hydrogens is 404 g/mol. The van der Waals surface area contributed by atoms with Gasteiger partial charge in [-0.25, -0.2) is 0 Å². The zero-order chi connectivity index (χ0) is 18.0. The Labute approximate surface area is 160 Å². The fraction of sp³-hybridized carbons (Fsp3) is 0.263. The number of nitrogens with one attached hydrogen (secondary N) is 1. The molecule has 0 saturated heterocycles. The third-order valence-corrected chi connectivity index (χ3v) is 5.06. The van der Waals surface area contributed by atoms with Gasteiger partial charge in [0.15, 0.2) is 0 Å². The first-order valence-corrected chi connectivity index (χ1v) is 9.36. The van der Waals surface area contributed by atoms with Crippen molar-refractivity contribution in [1.29, 1.82) is 0 Å². The molecule has 0 aliphatic carbocycles. The van der Waals surface area contributed by atoms with Crippen LogP contribution in [0, 0.1) is 0 Å². The number of hydrogen-bond donors (Lipinski definition) is 1. The maximum atomic E-state index is 12.5. The van der Waals surface area contributed by atoms with Crippen LogP contribution in [0.15, 0.2) is 40.9 Å². The van der Waals surface area contributed by atoms with E-state index in [1.165, 1.54) is 0 Å². The van der Waals surface area contributed by atoms with Gasteiger partial charge in [-0.05, 0) is 54.8 Å². The van der Waals surface area contributed by atoms with Crippen molar-refractivity contribution < 1.29 is 9.59 Å². The smallest absolute Gasteiger partial charge is 0.257 e. The number of anilines is 2. The van der Waals surface area contributed by atoms with Crippen LogP contribution in [0.4, 0.5) is 11.4 Å². The molecule has 2 aromatic rings. The fourth-order valence-electron chi connectivity index (χ4n) is 2.99. The minimum atomic E-state index is -0.261. The summed E-state index contributed by atoms with van der Waals surface area (Å²) in [5.41, 5.74) is 3.13. The lowest BCUT2D eigenvalue weighted by Crippen LogP contribution is -2.34. The average molecular weight is 422 g/mol. The van der Waals surface area contributed by atoms with Gasteiger partial charge in [0, 0.05) is 28.8 Å². The molecule has 1 aliphatic rings. The number of amides is 2. The Morgan fingerprint density at radius 2 is 2.04 bits per heavy atom. The molecular formula is C19H18BrClN2O2. The van der Waals surface area contributed by atoms with Crippen LogP contribution in [-0.2, 0) is 11.2 Å². The minimum absolute atomic E-state index is 0.124. The molecule has 1 heterocycles. The summed E-state index contributed by atoms with van der Waals surface area (Å²) >= 11 is 9.47. The Morgan fingerprint density at radius 3 is 2.80 bits per heavy atom. The Morgan fingerprint density at radius 1 is 1.24 bits per heavy atom. The Kier molecular flexibility index (Phi) is 5.45. The van der Waals surface area contributed by atoms with E-state index in [9.17, 15) is 9.59 Å². The third kappa shape index (κ3) is 3.88. The molecule has 130 valence electrons. The minimum Gasteiger partial charge on any atom is -0.322 e. The molecule has 2 amide bonds. The number of fused-ring (bicyclic) bond motifs is 1. The van der Waals surface area contributed by atoms with E-state index in [1.807, 2.05) is 30.0 Å². The maximum absolute atomic E-state index is 12.5. The second-order valence-electron chi connectivity index (χ2n) is 5.92. The normalized spacial score (nSPS) is 13.3. The first-order valence-electron chi connectivity index (χ1n) is 8.19. The number of hydrogen-bond acceptors (Lipinski definition) is 2. The van der Waals surface area contributed by atoms with E-state index < -0.39 is 0 Å². The van der Waals surface area contributed by atoms with Crippen molar-refractivity contribution in [2.75, 3.05) is 16.8 Å². The summed E-state index contributed by atoms with van der Waals surface area (Å²) in [6.07, 6.45) is 2.30. The summed E-state index contributed by atoms with van der Waals surface area (Å²) in [6.45, 7) is 2.62. The molecule has 1 aliphatic heterocycles. The van der Waals surface area contributed by atoms with Gasteiger partial charge in [-0.3, -0.25) is 9.59 Å². The number of rotatable bonds is 3. The van der Waals surface area contributed by atoms with Gasteiger partial charge in [0.05, 0.1) is 10.6 Å². The van der Waals surface area contributed by atoms with Crippen LogP contribution in [0.5, 0.6) is 0 Å². The van der Waals surface area contributed by atoms with Crippen LogP contribution in [0.2, 0.25) is 5.02 Å². The van der Waals surface area contributed by atoms with Crippen molar-refractivity contribution in [3.63, 3.8) is 0 Å². The molecule has 0 spiro atoms. The number of halogens is 2. The van der Waals surface area contributed by atoms with Crippen molar-refractivity contribution in [1.82, 2.24) is 0 Å². The SMILES string of the molecule is CCC(=O)N1CCCc2cc(NC(=O)c3cc(Br)ccc3Cl)ccc21. The Balaban J connectivity index is 1.84. The second-order valence-corrected chi connectivity index (χ2v) is 7.25. The second kappa shape index (κ2) is 7.58. The molecule has 1 N–H and O–H groups in total. The van der Waals surface area contributed by atoms with Crippen LogP contribution >= 0.6 is 27.5 Å². The van der Waals surface area contributed by atoms with E-state index in [4.69, 9.17) is 11.6 Å². The van der Waals surface area contributed by atoms with Crippen LogP contribution < -0.4 is 10.2 Å². The van der Waals surface area contributed by atoms with Crippen molar-refractivity contribution in [3.05, 3.63) is 57.0 Å². The largest absolute Gasteiger partial charge is 0.322 e. The molecule has 0 aromatic heterocycles. The highest BCUT2D eigenvalue weighted by Gasteiger charge is 2.22. The van der Waals surface area contributed by atoms with Crippen LogP contribution in [0.25, 0.3) is 0 Å². The first-order chi connectivity index (χ1) is 12.0. The van der Waals surface area contributed by atoms with Gasteiger partial charge in [-0.1, -0.05) is 34.5 Å². The maximum Gasteiger partial charge on any atom is 0.257 e. The lowest BCUT2D eigenvalue weighted by molar-refractivity contribution is -0.118. The van der Waals surface area contributed by atoms with E-state index in [0.29, 0.717) is 22.7 Å². The standard InChI is InChI=1S/C19H18BrClN2O2/c1-2-18(24)23-9-3-4-12-10-14(6-8-17(12)23)22-19(25)15-11-13(20)5-7-16(15)21/h5-8,10-11H,2-4,9H2,1H3,(H,22,25). The van der Waals surface area contributed by atoms with Gasteiger partial charge >= 0.3 is 0 Å². The predicted molar refractivity (Wildman–Crippen MR) is 105 cm³/mol. The van der Waals surface area contributed by atoms with Crippen molar-refractivity contribution in [2.24, 2.45) is 0 Å². The lowest BCUT2D eigenvalue weighted by atomic mass is 10.0. The Hall–Kier alpha value is -1.85. The lowest BCUT2D eigenvalue weighted by Gasteiger charge is -2.29. The molecule has 0 atom stereocenters. The highest BCUT2D eigenvalue weighted by atomic mass is 79.9. The van der Waals surface area contributed by atoms with Crippen LogP contribution in [0.1, 0.15) is 35.7 Å². The molecule has 4 nitrogen and oxygen atoms in total. The molecule has 25 heavy (non-hydrogen) atoms. The van der Waals surface area contributed by atoms with Crippen molar-refractivity contribution in [3.8, 4) is 0 Å². The predicted octanol–water partition coefficient (Wildman–Crippen LogP) is 5.04. The number of nitrogens with zero attached hydrogens (tertiary/aromatic N) is 1. The molecule has 0 unspecified atom stereocenters. The quantitative estimate of drug-likeness (QED) is 0.754. The van der Waals surface area contributed by atoms with E-state index in [-0.39, 0.29) is 11.8 Å². The summed E-state index contributed by atoms with van der Waals surface area (Å²) in [5.74, 6) is -0.137. The van der Waals surface area contributed by atoms with Gasteiger partial charge < -0.3 is 10.2 Å². The topological polar surface area (TPSA) is 49.4 Å². The van der Waals surface area contributed by atoms with E-state index in [2.05, 4.69) is 21.2 Å². The van der Waals surface area contributed by atoms with Gasteiger partial charge in [-0.2, -0.15) is 0 Å². The molecule has 3 rings (SSSR count). The number of aryl methyl sites for hydroxylation is 1. The molecule has 6 heteroatoms. The summed E-state index contributed by atoms with van der Waals surface area (Å²) in [4.78, 5) is 26.4. The van der Waals surface area contributed by atoms with Crippen LogP contribution in [0.3, 0.4) is 0 Å². The number of benzene rings is 2. The summed E-state index contributed by atoms with van der Waals surface area (Å²) in [5, 5.41) is 3.29. The highest BCUT2D eigenvalue weighted by Crippen LogP contribution is 2.30. The highest BCUT2D eigenvalue weighted by molar-refractivity contribution is 9.10. The monoisotopic (exact) mass is 420 g/mol. The van der Waals surface area contributed by atoms with E-state index in [0.717, 1.165) is 35.1 Å². The average Bonchev–Trinajstić information content (AvgIpc) is 2.62. The van der Waals surface area contributed by atoms with Crippen molar-refractivity contribution >= 4 is 50.7 Å². The third-order valence-electron chi connectivity index (χ3n) is 4.23. The first kappa shape index (κ1) is 18.0. The molecule has 2 aromatic carbocycles. The summed E-state index contributed by atoms with van der Waals surface area (Å²) < 4.78 is 0.793. The van der Waals surface area contributed by atoms with Gasteiger partial charge in [-0.15, -0.1) is 0 Å². The van der Waals surface area contributed by atoms with Gasteiger partial charge in [0.25, 0.3) is 5.91 Å². The van der Waals surface area contributed by atoms with E-state index >= 15 is 0 Å². The van der Waals surface area contributed by atoms with Crippen molar-refractivity contribution in [2.45, 2.75) is 26.2 Å². The molecule has 0 radical (unpaired) electrons. The summed E-state index contributed by atoms with van der Waals surface area (Å²) in [6, 6.07) is 10.8. The Bertz CT molecular complexity index is 838. The van der Waals surface area contributed by atoms with E-state index in [1.54, 1.807) is 18.2 Å². The molecule has 0 saturated carbocycles. The van der Waals surface area contributed by atoms with Crippen LogP contribution in [-0.4, -0.2) is 18.4 Å². The molecule has 0 fully saturated rings. The zero-order valence-electron chi connectivity index (χ0n) is 13.8.